The van der Waals surface area contributed by atoms with Crippen molar-refractivity contribution in [2.45, 2.75) is 0 Å². The van der Waals surface area contributed by atoms with Crippen molar-refractivity contribution in [2.24, 2.45) is 0 Å². The van der Waals surface area contributed by atoms with Crippen molar-refractivity contribution < 1.29 is 26.1 Å². The average Bonchev–Trinajstić information content (AvgIpc) is 2.59. The molecule has 0 bridgehead atoms. The van der Waals surface area contributed by atoms with Crippen LogP contribution in [0.1, 0.15) is 20.7 Å². The van der Waals surface area contributed by atoms with Gasteiger partial charge in [0.2, 0.25) is 11.6 Å². The van der Waals surface area contributed by atoms with E-state index in [0.29, 0.717) is 11.1 Å². The van der Waals surface area contributed by atoms with Crippen LogP contribution in [0.3, 0.4) is 0 Å². The molecule has 0 saturated carbocycles. The van der Waals surface area contributed by atoms with Gasteiger partial charge in [-0.3, -0.25) is 9.59 Å². The zero-order valence-corrected chi connectivity index (χ0v) is 15.0. The first kappa shape index (κ1) is 22.9. The normalized spacial score (nSPS) is 8.00. The number of Topliss-reactive ketones (excluding diaryl/α,β-unsaturated/α-hetero) is 2. The Morgan fingerprint density at radius 2 is 0.857 bits per heavy atom. The number of hydrogen-bond donors (Lipinski definition) is 2. The van der Waals surface area contributed by atoms with Gasteiger partial charge in [0, 0.05) is 11.1 Å². The molecule has 0 aliphatic carbocycles. The van der Waals surface area contributed by atoms with Crippen molar-refractivity contribution in [3.63, 3.8) is 0 Å². The number of carbonyl (C=O) groups is 2. The van der Waals surface area contributed by atoms with Gasteiger partial charge in [-0.2, -0.15) is 0 Å². The van der Waals surface area contributed by atoms with Crippen molar-refractivity contribution in [2.75, 3.05) is 0 Å². The van der Waals surface area contributed by atoms with E-state index in [9.17, 15) is 9.59 Å². The maximum Gasteiger partial charge on any atom is 2.00 e. The van der Waals surface area contributed by atoms with E-state index in [2.05, 4.69) is 46.6 Å². The number of carbonyl (C=O) groups excluding carboxylic acids is 2. The van der Waals surface area contributed by atoms with Crippen LogP contribution in [-0.2, 0) is 39.8 Å². The molecule has 0 atom stereocenters. The summed E-state index contributed by atoms with van der Waals surface area (Å²) in [6.45, 7) is 0. The average molecular weight is 399 g/mol. The molecule has 0 aromatic heterocycles. The van der Waals surface area contributed by atoms with E-state index < -0.39 is 11.6 Å². The predicted octanol–water partition coefficient (Wildman–Crippen LogP) is 3.51. The van der Waals surface area contributed by atoms with Crippen molar-refractivity contribution in [1.29, 1.82) is 0 Å². The minimum atomic E-state index is -0.466. The third-order valence-electron chi connectivity index (χ3n) is 2.28. The van der Waals surface area contributed by atoms with Crippen LogP contribution in [0, 0.1) is 0 Å². The van der Waals surface area contributed by atoms with Gasteiger partial charge in [-0.25, -0.2) is 0 Å². The Morgan fingerprint density at radius 1 is 0.619 bits per heavy atom. The molecular formula is C14H12NiO2S4. The van der Waals surface area contributed by atoms with Crippen LogP contribution < -0.4 is 0 Å². The van der Waals surface area contributed by atoms with E-state index in [4.69, 9.17) is 0 Å². The van der Waals surface area contributed by atoms with Crippen LogP contribution in [-0.4, -0.2) is 11.6 Å². The summed E-state index contributed by atoms with van der Waals surface area (Å²) in [6, 6.07) is 17.2. The molecule has 0 aliphatic heterocycles. The van der Waals surface area contributed by atoms with Gasteiger partial charge < -0.3 is 46.6 Å². The van der Waals surface area contributed by atoms with Crippen molar-refractivity contribution >= 4 is 58.2 Å². The van der Waals surface area contributed by atoms with E-state index in [1.165, 1.54) is 0 Å². The monoisotopic (exact) mass is 398 g/mol. The summed E-state index contributed by atoms with van der Waals surface area (Å²) >= 11 is 13.8. The van der Waals surface area contributed by atoms with E-state index in [1.54, 1.807) is 48.5 Å². The molecule has 0 unspecified atom stereocenters. The second kappa shape index (κ2) is 14.6. The molecule has 0 amide bonds. The minimum Gasteiger partial charge on any atom is -0.723 e. The molecular weight excluding hydrogens is 387 g/mol. The third kappa shape index (κ3) is 8.02. The maximum absolute atomic E-state index is 11.8. The van der Waals surface area contributed by atoms with E-state index in [0.717, 1.165) is 0 Å². The van der Waals surface area contributed by atoms with Crippen LogP contribution in [0.2, 0.25) is 0 Å². The Labute approximate surface area is 155 Å². The summed E-state index contributed by atoms with van der Waals surface area (Å²) in [7, 11) is 0. The largest absolute Gasteiger partial charge is 2.00 e. The topological polar surface area (TPSA) is 34.1 Å². The minimum absolute atomic E-state index is 0. The molecule has 0 N–H and O–H groups in total. The van der Waals surface area contributed by atoms with Gasteiger partial charge in [0.1, 0.15) is 0 Å². The number of ketones is 2. The van der Waals surface area contributed by atoms with Gasteiger partial charge in [-0.1, -0.05) is 60.7 Å². The molecule has 21 heavy (non-hydrogen) atoms. The van der Waals surface area contributed by atoms with Crippen molar-refractivity contribution in [1.82, 2.24) is 0 Å². The molecule has 2 rings (SSSR count). The maximum atomic E-state index is 11.8. The SMILES string of the molecule is O=C(C(=O)c1ccccc1)c1ccccc1.[Ni+2].[S-]S.[S-]S. The van der Waals surface area contributed by atoms with Crippen LogP contribution in [0.5, 0.6) is 0 Å². The summed E-state index contributed by atoms with van der Waals surface area (Å²) in [5, 5.41) is 0. The van der Waals surface area contributed by atoms with E-state index in [1.807, 2.05) is 12.1 Å². The number of hydrogen-bond acceptors (Lipinski definition) is 6. The van der Waals surface area contributed by atoms with Crippen molar-refractivity contribution in [3.05, 3.63) is 71.8 Å². The summed E-state index contributed by atoms with van der Waals surface area (Å²) in [6.07, 6.45) is 0. The molecule has 0 fully saturated rings. The second-order valence-corrected chi connectivity index (χ2v) is 3.39. The summed E-state index contributed by atoms with van der Waals surface area (Å²) in [4.78, 5) is 23.6. The quantitative estimate of drug-likeness (QED) is 0.207. The van der Waals surface area contributed by atoms with E-state index >= 15 is 0 Å². The van der Waals surface area contributed by atoms with Crippen LogP contribution in [0.15, 0.2) is 60.7 Å². The molecule has 114 valence electrons. The fraction of sp³-hybridized carbons (Fsp3) is 0. The third-order valence-corrected chi connectivity index (χ3v) is 2.28. The van der Waals surface area contributed by atoms with Gasteiger partial charge in [0.25, 0.3) is 0 Å². The zero-order chi connectivity index (χ0) is 15.4. The first-order valence-corrected chi connectivity index (χ1v) is 8.27. The smallest absolute Gasteiger partial charge is 0.723 e. The second-order valence-electron chi connectivity index (χ2n) is 3.39. The molecule has 2 aromatic carbocycles. The molecule has 2 nitrogen and oxygen atoms in total. The Balaban J connectivity index is 0. The molecule has 0 heterocycles. The molecule has 0 radical (unpaired) electrons. The van der Waals surface area contributed by atoms with Gasteiger partial charge in [-0.15, -0.1) is 0 Å². The first-order chi connectivity index (χ1) is 9.79. The Bertz CT molecular complexity index is 472. The molecule has 0 aliphatic rings. The number of rotatable bonds is 3. The summed E-state index contributed by atoms with van der Waals surface area (Å²) in [5.74, 6) is -0.932. The Morgan fingerprint density at radius 3 is 1.10 bits per heavy atom. The molecule has 0 spiro atoms. The van der Waals surface area contributed by atoms with Crippen LogP contribution in [0.25, 0.3) is 0 Å². The standard InChI is InChI=1S/C14H10O2.Ni.2H2S2/c15-13(11-7-3-1-4-8-11)14(16)12-9-5-2-6-10-12;;2*1-2/h1-10H;;2*1-2H/q;+2;;/p-2. The fourth-order valence-corrected chi connectivity index (χ4v) is 1.44. The Kier molecular flexibility index (Phi) is 16.0. The van der Waals surface area contributed by atoms with Crippen LogP contribution >= 0.6 is 23.3 Å². The number of thiol groups is 2. The molecule has 2 aromatic rings. The molecule has 7 heteroatoms. The van der Waals surface area contributed by atoms with Crippen LogP contribution in [0.4, 0.5) is 0 Å². The summed E-state index contributed by atoms with van der Waals surface area (Å²) < 4.78 is 0. The first-order valence-electron chi connectivity index (χ1n) is 5.34. The Hall–Kier alpha value is -0.326. The molecule has 0 saturated heterocycles. The van der Waals surface area contributed by atoms with Gasteiger partial charge in [0.15, 0.2) is 0 Å². The van der Waals surface area contributed by atoms with Gasteiger partial charge in [0.05, 0.1) is 0 Å². The summed E-state index contributed by atoms with van der Waals surface area (Å²) in [5.41, 5.74) is 0.854. The fourth-order valence-electron chi connectivity index (χ4n) is 1.44. The van der Waals surface area contributed by atoms with E-state index in [-0.39, 0.29) is 16.5 Å². The van der Waals surface area contributed by atoms with Gasteiger partial charge in [-0.05, 0) is 0 Å². The van der Waals surface area contributed by atoms with Crippen molar-refractivity contribution in [3.8, 4) is 0 Å². The van der Waals surface area contributed by atoms with Gasteiger partial charge >= 0.3 is 16.5 Å². The predicted molar refractivity (Wildman–Crippen MR) is 94.2 cm³/mol. The zero-order valence-electron chi connectivity index (χ0n) is 10.6. The number of benzene rings is 2.